The lowest BCUT2D eigenvalue weighted by Crippen LogP contribution is -2.30. The minimum atomic E-state index is -0.212. The molecule has 1 fully saturated rings. The first-order valence-electron chi connectivity index (χ1n) is 10.6. The smallest absolute Gasteiger partial charge is 0.276 e. The molecule has 1 unspecified atom stereocenters. The molecule has 0 spiro atoms. The highest BCUT2D eigenvalue weighted by Gasteiger charge is 2.37. The van der Waals surface area contributed by atoms with Gasteiger partial charge in [0.2, 0.25) is 0 Å². The van der Waals surface area contributed by atoms with Gasteiger partial charge in [0.1, 0.15) is 12.0 Å². The van der Waals surface area contributed by atoms with E-state index in [0.29, 0.717) is 23.6 Å². The first-order chi connectivity index (χ1) is 15.0. The summed E-state index contributed by atoms with van der Waals surface area (Å²) in [5.41, 5.74) is 2.62. The van der Waals surface area contributed by atoms with Gasteiger partial charge < -0.3 is 10.2 Å². The van der Waals surface area contributed by atoms with Crippen LogP contribution in [0.3, 0.4) is 0 Å². The first kappa shape index (κ1) is 19.4. The molecule has 8 heteroatoms. The van der Waals surface area contributed by atoms with Crippen molar-refractivity contribution in [2.45, 2.75) is 44.7 Å². The van der Waals surface area contributed by atoms with Gasteiger partial charge in [0.25, 0.3) is 11.8 Å². The zero-order valence-corrected chi connectivity index (χ0v) is 17.5. The number of aromatic nitrogens is 4. The molecule has 3 aromatic rings. The quantitative estimate of drug-likeness (QED) is 0.690. The van der Waals surface area contributed by atoms with E-state index in [1.165, 1.54) is 0 Å². The molecule has 0 saturated heterocycles. The second kappa shape index (κ2) is 7.61. The Hall–Kier alpha value is -3.55. The molecule has 2 aromatic heterocycles. The van der Waals surface area contributed by atoms with Crippen LogP contribution in [0.4, 0.5) is 5.69 Å². The third kappa shape index (κ3) is 3.69. The molecule has 1 atom stereocenters. The molecule has 2 amide bonds. The maximum atomic E-state index is 13.2. The zero-order chi connectivity index (χ0) is 21.5. The van der Waals surface area contributed by atoms with E-state index >= 15 is 0 Å². The summed E-state index contributed by atoms with van der Waals surface area (Å²) in [6.45, 7) is 4.48. The maximum absolute atomic E-state index is 13.2. The summed E-state index contributed by atoms with van der Waals surface area (Å²) in [4.78, 5) is 36.3. The summed E-state index contributed by atoms with van der Waals surface area (Å²) < 4.78 is 1.81. The van der Waals surface area contributed by atoms with E-state index in [1.807, 2.05) is 30.7 Å². The van der Waals surface area contributed by atoms with Crippen molar-refractivity contribution in [1.29, 1.82) is 0 Å². The minimum absolute atomic E-state index is 0.0841. The molecule has 31 heavy (non-hydrogen) atoms. The van der Waals surface area contributed by atoms with Gasteiger partial charge >= 0.3 is 0 Å². The standard InChI is InChI=1S/C23H24N6O2/c1-14(2)29-13-25-21(27-29)18-12-28(23(31)19-5-3-4-10-24-19)20-9-6-15(11-17(18)20)22(30)26-16-7-8-16/h3-6,9-11,13-14,16,18H,7-8,12H2,1-2H3,(H,26,30). The zero-order valence-electron chi connectivity index (χ0n) is 17.5. The Morgan fingerprint density at radius 1 is 1.13 bits per heavy atom. The molecule has 2 aliphatic rings. The van der Waals surface area contributed by atoms with E-state index in [4.69, 9.17) is 0 Å². The van der Waals surface area contributed by atoms with E-state index in [-0.39, 0.29) is 29.8 Å². The molecule has 1 saturated carbocycles. The minimum Gasteiger partial charge on any atom is -0.349 e. The molecule has 1 aromatic carbocycles. The van der Waals surface area contributed by atoms with Gasteiger partial charge in [-0.25, -0.2) is 4.98 Å². The monoisotopic (exact) mass is 416 g/mol. The molecule has 1 aliphatic carbocycles. The number of benzene rings is 1. The Labute approximate surface area is 180 Å². The van der Waals surface area contributed by atoms with Crippen LogP contribution in [0.1, 0.15) is 70.9 Å². The molecular weight excluding hydrogens is 392 g/mol. The van der Waals surface area contributed by atoms with Crippen LogP contribution in [-0.4, -0.2) is 44.1 Å². The number of rotatable bonds is 5. The number of nitrogens with zero attached hydrogens (tertiary/aromatic N) is 5. The Morgan fingerprint density at radius 3 is 2.65 bits per heavy atom. The fourth-order valence-electron chi connectivity index (χ4n) is 3.83. The van der Waals surface area contributed by atoms with Crippen LogP contribution in [0, 0.1) is 0 Å². The molecule has 1 aliphatic heterocycles. The number of pyridine rings is 1. The van der Waals surface area contributed by atoms with Gasteiger partial charge in [-0.15, -0.1) is 0 Å². The molecule has 0 radical (unpaired) electrons. The molecule has 5 rings (SSSR count). The predicted molar refractivity (Wildman–Crippen MR) is 115 cm³/mol. The molecule has 158 valence electrons. The van der Waals surface area contributed by atoms with E-state index in [9.17, 15) is 9.59 Å². The fraction of sp³-hybridized carbons (Fsp3) is 0.348. The lowest BCUT2D eigenvalue weighted by atomic mass is 9.98. The van der Waals surface area contributed by atoms with Crippen LogP contribution in [-0.2, 0) is 0 Å². The lowest BCUT2D eigenvalue weighted by molar-refractivity contribution is 0.0949. The van der Waals surface area contributed by atoms with Crippen molar-refractivity contribution < 1.29 is 9.59 Å². The van der Waals surface area contributed by atoms with Gasteiger partial charge in [0.15, 0.2) is 5.82 Å². The summed E-state index contributed by atoms with van der Waals surface area (Å²) in [7, 11) is 0. The average Bonchev–Trinajstić information content (AvgIpc) is 3.32. The molecule has 1 N–H and O–H groups in total. The lowest BCUT2D eigenvalue weighted by Gasteiger charge is -2.17. The maximum Gasteiger partial charge on any atom is 0.276 e. The van der Waals surface area contributed by atoms with E-state index in [0.717, 1.165) is 24.1 Å². The average molecular weight is 416 g/mol. The van der Waals surface area contributed by atoms with E-state index in [1.54, 1.807) is 41.7 Å². The van der Waals surface area contributed by atoms with Crippen LogP contribution >= 0.6 is 0 Å². The number of anilines is 1. The molecule has 3 heterocycles. The third-order valence-electron chi connectivity index (χ3n) is 5.73. The highest BCUT2D eigenvalue weighted by Crippen LogP contribution is 2.40. The van der Waals surface area contributed by atoms with Gasteiger partial charge in [0, 0.05) is 36.1 Å². The number of amides is 2. The molecular formula is C23H24N6O2. The van der Waals surface area contributed by atoms with Crippen LogP contribution in [0.25, 0.3) is 0 Å². The van der Waals surface area contributed by atoms with Crippen LogP contribution in [0.5, 0.6) is 0 Å². The number of nitrogens with one attached hydrogen (secondary N) is 1. The summed E-state index contributed by atoms with van der Waals surface area (Å²) in [5, 5.41) is 7.67. The molecule has 8 nitrogen and oxygen atoms in total. The van der Waals surface area contributed by atoms with Gasteiger partial charge in [-0.2, -0.15) is 5.10 Å². The molecule has 0 bridgehead atoms. The summed E-state index contributed by atoms with van der Waals surface area (Å²) in [6, 6.07) is 11.2. The van der Waals surface area contributed by atoms with Crippen molar-refractivity contribution in [1.82, 2.24) is 25.1 Å². The summed E-state index contributed by atoms with van der Waals surface area (Å²) >= 11 is 0. The van der Waals surface area contributed by atoms with Crippen molar-refractivity contribution in [3.05, 3.63) is 71.6 Å². The highest BCUT2D eigenvalue weighted by atomic mass is 16.2. The topological polar surface area (TPSA) is 93.0 Å². The Morgan fingerprint density at radius 2 is 1.97 bits per heavy atom. The fourth-order valence-corrected chi connectivity index (χ4v) is 3.83. The van der Waals surface area contributed by atoms with Crippen LogP contribution in [0.15, 0.2) is 48.9 Å². The second-order valence-corrected chi connectivity index (χ2v) is 8.38. The number of fused-ring (bicyclic) bond motifs is 1. The SMILES string of the molecule is CC(C)n1cnc(C2CN(C(=O)c3ccccn3)c3ccc(C(=O)NC4CC4)cc32)n1. The third-order valence-corrected chi connectivity index (χ3v) is 5.73. The number of carbonyl (C=O) groups is 2. The first-order valence-corrected chi connectivity index (χ1v) is 10.6. The number of hydrogen-bond acceptors (Lipinski definition) is 5. The normalized spacial score (nSPS) is 17.6. The summed E-state index contributed by atoms with van der Waals surface area (Å²) in [6.07, 6.45) is 5.38. The Balaban J connectivity index is 1.53. The Bertz CT molecular complexity index is 1140. The largest absolute Gasteiger partial charge is 0.349 e. The van der Waals surface area contributed by atoms with Crippen molar-refractivity contribution >= 4 is 17.5 Å². The van der Waals surface area contributed by atoms with Crippen LogP contribution in [0.2, 0.25) is 0 Å². The van der Waals surface area contributed by atoms with Crippen molar-refractivity contribution in [3.63, 3.8) is 0 Å². The predicted octanol–water partition coefficient (Wildman–Crippen LogP) is 2.94. The second-order valence-electron chi connectivity index (χ2n) is 8.38. The number of carbonyl (C=O) groups excluding carboxylic acids is 2. The highest BCUT2D eigenvalue weighted by molar-refractivity contribution is 6.07. The van der Waals surface area contributed by atoms with Crippen molar-refractivity contribution in [3.8, 4) is 0 Å². The van der Waals surface area contributed by atoms with Crippen LogP contribution < -0.4 is 10.2 Å². The Kier molecular flexibility index (Phi) is 4.77. The van der Waals surface area contributed by atoms with E-state index < -0.39 is 0 Å². The number of hydrogen-bond donors (Lipinski definition) is 1. The van der Waals surface area contributed by atoms with Crippen molar-refractivity contribution in [2.24, 2.45) is 0 Å². The van der Waals surface area contributed by atoms with Crippen molar-refractivity contribution in [2.75, 3.05) is 11.4 Å². The van der Waals surface area contributed by atoms with E-state index in [2.05, 4.69) is 20.4 Å². The van der Waals surface area contributed by atoms with Gasteiger partial charge in [-0.1, -0.05) is 6.07 Å². The van der Waals surface area contributed by atoms with Gasteiger partial charge in [0.05, 0.1) is 5.92 Å². The van der Waals surface area contributed by atoms with Gasteiger partial charge in [-0.05, 0) is 62.6 Å². The summed E-state index contributed by atoms with van der Waals surface area (Å²) in [5.74, 6) is 0.171. The van der Waals surface area contributed by atoms with Gasteiger partial charge in [-0.3, -0.25) is 19.3 Å².